The van der Waals surface area contributed by atoms with Crippen molar-refractivity contribution in [1.82, 2.24) is 15.0 Å². The van der Waals surface area contributed by atoms with E-state index in [2.05, 4.69) is 20.3 Å². The topological polar surface area (TPSA) is 142 Å². The summed E-state index contributed by atoms with van der Waals surface area (Å²) in [5.41, 5.74) is 2.73. The number of carbonyl (C=O) groups is 2. The fourth-order valence-electron chi connectivity index (χ4n) is 3.47. The lowest BCUT2D eigenvalue weighted by Crippen LogP contribution is -2.19. The zero-order chi connectivity index (χ0) is 26.4. The third kappa shape index (κ3) is 5.92. The molecule has 1 N–H and O–H groups in total. The van der Waals surface area contributed by atoms with Crippen LogP contribution in [0.25, 0.3) is 21.5 Å². The van der Waals surface area contributed by atoms with Crippen molar-refractivity contribution >= 4 is 50.3 Å². The van der Waals surface area contributed by atoms with Crippen LogP contribution in [0.5, 0.6) is 0 Å². The van der Waals surface area contributed by atoms with Crippen LogP contribution in [0, 0.1) is 29.6 Å². The number of nitriles is 2. The highest BCUT2D eigenvalue weighted by Crippen LogP contribution is 2.31. The molecule has 0 aliphatic carbocycles. The van der Waals surface area contributed by atoms with Crippen LogP contribution < -0.4 is 5.32 Å². The summed E-state index contributed by atoms with van der Waals surface area (Å²) in [5.74, 6) is -2.59. The summed E-state index contributed by atoms with van der Waals surface area (Å²) in [5, 5.41) is 23.0. The predicted molar refractivity (Wildman–Crippen MR) is 141 cm³/mol. The van der Waals surface area contributed by atoms with Crippen LogP contribution in [0.3, 0.4) is 0 Å². The Hall–Kier alpha value is -4.32. The van der Waals surface area contributed by atoms with E-state index in [1.165, 1.54) is 11.3 Å². The predicted octanol–water partition coefficient (Wildman–Crippen LogP) is 4.83. The Kier molecular flexibility index (Phi) is 8.08. The molecule has 4 rings (SSSR count). The highest BCUT2D eigenvalue weighted by molar-refractivity contribution is 7.99. The molecule has 2 heterocycles. The molecule has 1 atom stereocenters. The smallest absolute Gasteiger partial charge is 0.329 e. The molecule has 2 aromatic carbocycles. The van der Waals surface area contributed by atoms with Gasteiger partial charge < -0.3 is 10.1 Å². The molecule has 0 radical (unpaired) electrons. The van der Waals surface area contributed by atoms with Gasteiger partial charge in [0.15, 0.2) is 16.2 Å². The zero-order valence-corrected chi connectivity index (χ0v) is 21.5. The minimum atomic E-state index is -1.42. The standard InChI is InChI=1S/C26H20N6O3S2/c1-3-35-24(34)18(13-28)23-17(12-27)22(16-7-5-4-6-8-16)31-25(32-23)36-14-21(33)30-26-29-19-10-9-15(2)11-20(19)37-26/h4-11,18H,3,14H2,1-2H3,(H,29,30,33). The van der Waals surface area contributed by atoms with E-state index >= 15 is 0 Å². The van der Waals surface area contributed by atoms with Gasteiger partial charge in [-0.2, -0.15) is 10.5 Å². The first kappa shape index (κ1) is 25.8. The van der Waals surface area contributed by atoms with Crippen molar-refractivity contribution in [3.05, 3.63) is 65.4 Å². The Balaban J connectivity index is 1.63. The molecule has 1 unspecified atom stereocenters. The molecule has 184 valence electrons. The number of ether oxygens (including phenoxy) is 1. The van der Waals surface area contributed by atoms with Crippen LogP contribution in [0.1, 0.15) is 29.7 Å². The van der Waals surface area contributed by atoms with Gasteiger partial charge in [0.05, 0.1) is 40.0 Å². The summed E-state index contributed by atoms with van der Waals surface area (Å²) in [6, 6.07) is 18.7. The quantitative estimate of drug-likeness (QED) is 0.193. The summed E-state index contributed by atoms with van der Waals surface area (Å²) in [7, 11) is 0. The van der Waals surface area contributed by atoms with E-state index in [9.17, 15) is 20.1 Å². The van der Waals surface area contributed by atoms with Gasteiger partial charge in [-0.25, -0.2) is 15.0 Å². The summed E-state index contributed by atoms with van der Waals surface area (Å²) in [6.07, 6.45) is 0. The van der Waals surface area contributed by atoms with Crippen molar-refractivity contribution in [1.29, 1.82) is 10.5 Å². The molecule has 1 amide bonds. The van der Waals surface area contributed by atoms with Gasteiger partial charge in [-0.1, -0.05) is 59.5 Å². The molecule has 0 aliphatic rings. The number of aryl methyl sites for hydroxylation is 1. The largest absolute Gasteiger partial charge is 0.465 e. The minimum absolute atomic E-state index is 0.00405. The maximum Gasteiger partial charge on any atom is 0.329 e. The summed E-state index contributed by atoms with van der Waals surface area (Å²) in [6.45, 7) is 3.68. The van der Waals surface area contributed by atoms with Crippen molar-refractivity contribution in [3.63, 3.8) is 0 Å². The highest BCUT2D eigenvalue weighted by Gasteiger charge is 2.30. The van der Waals surface area contributed by atoms with Crippen molar-refractivity contribution in [3.8, 4) is 23.4 Å². The second-order valence-corrected chi connectivity index (χ2v) is 9.71. The zero-order valence-electron chi connectivity index (χ0n) is 19.9. The number of anilines is 1. The highest BCUT2D eigenvalue weighted by atomic mass is 32.2. The molecular weight excluding hydrogens is 508 g/mol. The number of fused-ring (bicyclic) bond motifs is 1. The van der Waals surface area contributed by atoms with Gasteiger partial charge in [-0.15, -0.1) is 0 Å². The lowest BCUT2D eigenvalue weighted by molar-refractivity contribution is -0.143. The molecule has 2 aromatic heterocycles. The minimum Gasteiger partial charge on any atom is -0.465 e. The number of hydrogen-bond acceptors (Lipinski definition) is 10. The van der Waals surface area contributed by atoms with E-state index in [0.29, 0.717) is 10.7 Å². The number of thiazole rings is 1. The van der Waals surface area contributed by atoms with Crippen LogP contribution in [0.15, 0.2) is 53.7 Å². The van der Waals surface area contributed by atoms with E-state index in [0.717, 1.165) is 27.5 Å². The van der Waals surface area contributed by atoms with E-state index < -0.39 is 11.9 Å². The summed E-state index contributed by atoms with van der Waals surface area (Å²) in [4.78, 5) is 38.4. The second-order valence-electron chi connectivity index (χ2n) is 7.73. The van der Waals surface area contributed by atoms with E-state index in [1.54, 1.807) is 31.2 Å². The maximum absolute atomic E-state index is 12.7. The third-order valence-corrected chi connectivity index (χ3v) is 6.90. The molecule has 0 spiro atoms. The number of hydrogen-bond donors (Lipinski definition) is 1. The van der Waals surface area contributed by atoms with Crippen molar-refractivity contribution in [2.45, 2.75) is 24.9 Å². The normalized spacial score (nSPS) is 11.4. The van der Waals surface area contributed by atoms with Gasteiger partial charge in [-0.3, -0.25) is 9.59 Å². The third-order valence-electron chi connectivity index (χ3n) is 5.12. The number of nitrogens with one attached hydrogen (secondary N) is 1. The Bertz CT molecular complexity index is 1560. The van der Waals surface area contributed by atoms with E-state index in [1.807, 2.05) is 43.3 Å². The van der Waals surface area contributed by atoms with Crippen molar-refractivity contribution in [2.75, 3.05) is 17.7 Å². The molecule has 4 aromatic rings. The van der Waals surface area contributed by atoms with E-state index in [-0.39, 0.29) is 40.4 Å². The number of carbonyl (C=O) groups excluding carboxylic acids is 2. The average molecular weight is 529 g/mol. The van der Waals surface area contributed by atoms with Crippen molar-refractivity contribution < 1.29 is 14.3 Å². The van der Waals surface area contributed by atoms with E-state index in [4.69, 9.17) is 4.74 Å². The Labute approximate surface area is 221 Å². The van der Waals surface area contributed by atoms with Crippen LogP contribution >= 0.6 is 23.1 Å². The summed E-state index contributed by atoms with van der Waals surface area (Å²) < 4.78 is 5.99. The molecule has 0 aliphatic heterocycles. The van der Waals surface area contributed by atoms with Gasteiger partial charge in [0, 0.05) is 5.56 Å². The second kappa shape index (κ2) is 11.6. The Morgan fingerprint density at radius 2 is 1.92 bits per heavy atom. The van der Waals surface area contributed by atoms with Crippen molar-refractivity contribution in [2.24, 2.45) is 0 Å². The Morgan fingerprint density at radius 3 is 2.62 bits per heavy atom. The lowest BCUT2D eigenvalue weighted by Gasteiger charge is -2.14. The van der Waals surface area contributed by atoms with Crippen LogP contribution in [-0.4, -0.2) is 39.2 Å². The first-order valence-corrected chi connectivity index (χ1v) is 13.0. The molecule has 0 saturated heterocycles. The number of benzene rings is 2. The number of amides is 1. The number of nitrogens with zero attached hydrogens (tertiary/aromatic N) is 5. The average Bonchev–Trinajstić information content (AvgIpc) is 3.29. The first-order chi connectivity index (χ1) is 17.9. The van der Waals surface area contributed by atoms with Gasteiger partial charge in [-0.05, 0) is 31.5 Å². The van der Waals surface area contributed by atoms with Gasteiger partial charge in [0.2, 0.25) is 5.91 Å². The molecule has 9 nitrogen and oxygen atoms in total. The fourth-order valence-corrected chi connectivity index (χ4v) is 5.10. The maximum atomic E-state index is 12.7. The molecule has 0 bridgehead atoms. The van der Waals surface area contributed by atoms with Gasteiger partial charge in [0.1, 0.15) is 11.6 Å². The Morgan fingerprint density at radius 1 is 1.14 bits per heavy atom. The lowest BCUT2D eigenvalue weighted by atomic mass is 9.98. The fraction of sp³-hybridized carbons (Fsp3) is 0.192. The number of aromatic nitrogens is 3. The SMILES string of the molecule is CCOC(=O)C(C#N)c1nc(SCC(=O)Nc2nc3ccc(C)cc3s2)nc(-c2ccccc2)c1C#N. The van der Waals surface area contributed by atoms with Crippen LogP contribution in [-0.2, 0) is 14.3 Å². The monoisotopic (exact) mass is 528 g/mol. The van der Waals surface area contributed by atoms with Crippen LogP contribution in [0.4, 0.5) is 5.13 Å². The number of thioether (sulfide) groups is 1. The molecule has 11 heteroatoms. The molecule has 0 fully saturated rings. The number of rotatable bonds is 8. The molecule has 0 saturated carbocycles. The number of esters is 1. The van der Waals surface area contributed by atoms with Gasteiger partial charge >= 0.3 is 5.97 Å². The molecular formula is C26H20N6O3S2. The van der Waals surface area contributed by atoms with Gasteiger partial charge in [0.25, 0.3) is 0 Å². The molecule has 37 heavy (non-hydrogen) atoms. The first-order valence-electron chi connectivity index (χ1n) is 11.2. The van der Waals surface area contributed by atoms with Crippen LogP contribution in [0.2, 0.25) is 0 Å². The summed E-state index contributed by atoms with van der Waals surface area (Å²) >= 11 is 2.40.